The van der Waals surface area contributed by atoms with E-state index < -0.39 is 0 Å². The molecule has 0 aliphatic carbocycles. The fourth-order valence-corrected chi connectivity index (χ4v) is 2.85. The lowest BCUT2D eigenvalue weighted by atomic mass is 10.1. The number of carbonyl (C=O) groups is 1. The number of hydrogen-bond acceptors (Lipinski definition) is 1. The third-order valence-electron chi connectivity index (χ3n) is 3.63. The molecule has 0 radical (unpaired) electrons. The summed E-state index contributed by atoms with van der Waals surface area (Å²) in [5.74, 6) is 0.113. The minimum atomic E-state index is 0.113. The average molecular weight is 337 g/mol. The Morgan fingerprint density at radius 2 is 1.95 bits per heavy atom. The minimum absolute atomic E-state index is 0.113. The van der Waals surface area contributed by atoms with Gasteiger partial charge < -0.3 is 9.47 Å². The SMILES string of the molecule is CCN(CC)C(=O)c1cn(C(C)C)c2cc(Br)ccc12. The van der Waals surface area contributed by atoms with Crippen molar-refractivity contribution in [3.8, 4) is 0 Å². The van der Waals surface area contributed by atoms with Gasteiger partial charge in [0.1, 0.15) is 0 Å². The summed E-state index contributed by atoms with van der Waals surface area (Å²) in [5, 5.41) is 1.03. The van der Waals surface area contributed by atoms with Crippen LogP contribution < -0.4 is 0 Å². The van der Waals surface area contributed by atoms with Crippen molar-refractivity contribution in [2.24, 2.45) is 0 Å². The Kier molecular flexibility index (Phi) is 4.53. The summed E-state index contributed by atoms with van der Waals surface area (Å²) in [6.45, 7) is 9.76. The van der Waals surface area contributed by atoms with Gasteiger partial charge in [0.05, 0.1) is 11.1 Å². The molecule has 0 aliphatic rings. The van der Waals surface area contributed by atoms with Gasteiger partial charge in [0.15, 0.2) is 0 Å². The molecule has 0 unspecified atom stereocenters. The van der Waals surface area contributed by atoms with E-state index in [1.807, 2.05) is 37.1 Å². The number of halogens is 1. The van der Waals surface area contributed by atoms with Crippen LogP contribution in [0.15, 0.2) is 28.9 Å². The van der Waals surface area contributed by atoms with E-state index in [0.717, 1.165) is 34.0 Å². The number of aromatic nitrogens is 1. The zero-order valence-electron chi connectivity index (χ0n) is 12.5. The first-order chi connectivity index (χ1) is 9.49. The largest absolute Gasteiger partial charge is 0.344 e. The Labute approximate surface area is 128 Å². The molecule has 1 heterocycles. The molecule has 0 aliphatic heterocycles. The molecular weight excluding hydrogens is 316 g/mol. The molecule has 0 bridgehead atoms. The summed E-state index contributed by atoms with van der Waals surface area (Å²) in [6.07, 6.45) is 1.99. The molecule has 1 amide bonds. The molecule has 1 aromatic heterocycles. The third-order valence-corrected chi connectivity index (χ3v) is 4.13. The van der Waals surface area contributed by atoms with Crippen molar-refractivity contribution in [2.45, 2.75) is 33.7 Å². The maximum absolute atomic E-state index is 12.6. The van der Waals surface area contributed by atoms with Gasteiger partial charge in [0.2, 0.25) is 0 Å². The van der Waals surface area contributed by atoms with Gasteiger partial charge in [-0.25, -0.2) is 0 Å². The molecule has 20 heavy (non-hydrogen) atoms. The molecule has 4 heteroatoms. The van der Waals surface area contributed by atoms with Crippen LogP contribution in [0.5, 0.6) is 0 Å². The monoisotopic (exact) mass is 336 g/mol. The van der Waals surface area contributed by atoms with Crippen LogP contribution in [0, 0.1) is 0 Å². The third kappa shape index (κ3) is 2.62. The topological polar surface area (TPSA) is 25.2 Å². The van der Waals surface area contributed by atoms with E-state index in [-0.39, 0.29) is 5.91 Å². The normalized spacial score (nSPS) is 11.3. The van der Waals surface area contributed by atoms with Crippen molar-refractivity contribution in [3.63, 3.8) is 0 Å². The zero-order chi connectivity index (χ0) is 14.9. The molecule has 0 saturated carbocycles. The van der Waals surface area contributed by atoms with Gasteiger partial charge in [-0.05, 0) is 39.8 Å². The van der Waals surface area contributed by atoms with E-state index in [9.17, 15) is 4.79 Å². The number of benzene rings is 1. The van der Waals surface area contributed by atoms with E-state index in [1.165, 1.54) is 0 Å². The Morgan fingerprint density at radius 1 is 1.30 bits per heavy atom. The molecule has 0 atom stereocenters. The van der Waals surface area contributed by atoms with Crippen molar-refractivity contribution < 1.29 is 4.79 Å². The van der Waals surface area contributed by atoms with Crippen LogP contribution in [-0.2, 0) is 0 Å². The predicted molar refractivity (Wildman–Crippen MR) is 87.3 cm³/mol. The molecule has 0 saturated heterocycles. The highest BCUT2D eigenvalue weighted by atomic mass is 79.9. The number of rotatable bonds is 4. The van der Waals surface area contributed by atoms with Gasteiger partial charge in [-0.15, -0.1) is 0 Å². The summed E-state index contributed by atoms with van der Waals surface area (Å²) in [4.78, 5) is 14.5. The van der Waals surface area contributed by atoms with Crippen LogP contribution in [0.25, 0.3) is 10.9 Å². The van der Waals surface area contributed by atoms with Crippen molar-refractivity contribution >= 4 is 32.7 Å². The quantitative estimate of drug-likeness (QED) is 0.808. The number of carbonyl (C=O) groups excluding carboxylic acids is 1. The summed E-state index contributed by atoms with van der Waals surface area (Å²) < 4.78 is 3.20. The predicted octanol–water partition coefficient (Wildman–Crippen LogP) is 4.47. The van der Waals surface area contributed by atoms with Crippen molar-refractivity contribution in [1.29, 1.82) is 0 Å². The molecule has 3 nitrogen and oxygen atoms in total. The number of nitrogens with zero attached hydrogens (tertiary/aromatic N) is 2. The number of amides is 1. The van der Waals surface area contributed by atoms with Crippen LogP contribution in [-0.4, -0.2) is 28.5 Å². The van der Waals surface area contributed by atoms with Gasteiger partial charge in [0.25, 0.3) is 5.91 Å². The lowest BCUT2D eigenvalue weighted by Gasteiger charge is -2.18. The molecule has 0 N–H and O–H groups in total. The van der Waals surface area contributed by atoms with E-state index in [0.29, 0.717) is 6.04 Å². The molecule has 108 valence electrons. The van der Waals surface area contributed by atoms with E-state index in [1.54, 1.807) is 0 Å². The van der Waals surface area contributed by atoms with Gasteiger partial charge in [-0.1, -0.05) is 22.0 Å². The highest BCUT2D eigenvalue weighted by Gasteiger charge is 2.19. The molecule has 1 aromatic carbocycles. The molecule has 0 fully saturated rings. The Bertz CT molecular complexity index is 627. The maximum Gasteiger partial charge on any atom is 0.256 e. The van der Waals surface area contributed by atoms with Crippen LogP contribution in [0.3, 0.4) is 0 Å². The second kappa shape index (κ2) is 6.00. The van der Waals surface area contributed by atoms with Crippen molar-refractivity contribution in [1.82, 2.24) is 9.47 Å². The second-order valence-corrected chi connectivity index (χ2v) is 6.10. The van der Waals surface area contributed by atoms with Gasteiger partial charge in [0, 0.05) is 35.2 Å². The van der Waals surface area contributed by atoms with Crippen LogP contribution in [0.2, 0.25) is 0 Å². The van der Waals surface area contributed by atoms with E-state index >= 15 is 0 Å². The zero-order valence-corrected chi connectivity index (χ0v) is 14.1. The number of fused-ring (bicyclic) bond motifs is 1. The van der Waals surface area contributed by atoms with Gasteiger partial charge >= 0.3 is 0 Å². The highest BCUT2D eigenvalue weighted by molar-refractivity contribution is 9.10. The first kappa shape index (κ1) is 15.1. The Morgan fingerprint density at radius 3 is 2.50 bits per heavy atom. The lowest BCUT2D eigenvalue weighted by molar-refractivity contribution is 0.0774. The number of hydrogen-bond donors (Lipinski definition) is 0. The summed E-state index contributed by atoms with van der Waals surface area (Å²) >= 11 is 3.51. The standard InChI is InChI=1S/C16H21BrN2O/c1-5-18(6-2)16(20)14-10-19(11(3)4)15-9-12(17)7-8-13(14)15/h7-11H,5-6H2,1-4H3. The van der Waals surface area contributed by atoms with Gasteiger partial charge in [-0.2, -0.15) is 0 Å². The van der Waals surface area contributed by atoms with E-state index in [2.05, 4.69) is 40.4 Å². The Balaban J connectivity index is 2.62. The van der Waals surface area contributed by atoms with E-state index in [4.69, 9.17) is 0 Å². The fourth-order valence-electron chi connectivity index (χ4n) is 2.50. The summed E-state index contributed by atoms with van der Waals surface area (Å²) in [6, 6.07) is 6.42. The lowest BCUT2D eigenvalue weighted by Crippen LogP contribution is -2.30. The smallest absolute Gasteiger partial charge is 0.256 e. The average Bonchev–Trinajstić information content (AvgIpc) is 2.78. The first-order valence-electron chi connectivity index (χ1n) is 7.08. The van der Waals surface area contributed by atoms with Gasteiger partial charge in [-0.3, -0.25) is 4.79 Å². The molecular formula is C16H21BrN2O. The van der Waals surface area contributed by atoms with Crippen LogP contribution in [0.4, 0.5) is 0 Å². The minimum Gasteiger partial charge on any atom is -0.344 e. The van der Waals surface area contributed by atoms with Crippen molar-refractivity contribution in [3.05, 3.63) is 34.4 Å². The van der Waals surface area contributed by atoms with Crippen LogP contribution in [0.1, 0.15) is 44.1 Å². The molecule has 2 aromatic rings. The molecule has 0 spiro atoms. The summed E-state index contributed by atoms with van der Waals surface area (Å²) in [7, 11) is 0. The van der Waals surface area contributed by atoms with Crippen LogP contribution >= 0.6 is 15.9 Å². The molecule has 2 rings (SSSR count). The highest BCUT2D eigenvalue weighted by Crippen LogP contribution is 2.28. The first-order valence-corrected chi connectivity index (χ1v) is 7.88. The maximum atomic E-state index is 12.6. The van der Waals surface area contributed by atoms with Crippen molar-refractivity contribution in [2.75, 3.05) is 13.1 Å². The summed E-state index contributed by atoms with van der Waals surface area (Å²) in [5.41, 5.74) is 1.90. The Hall–Kier alpha value is -1.29. The second-order valence-electron chi connectivity index (χ2n) is 5.18. The fraction of sp³-hybridized carbons (Fsp3) is 0.438.